The first kappa shape index (κ1) is 35.4. The van der Waals surface area contributed by atoms with Crippen LogP contribution in [0.1, 0.15) is 43.7 Å². The number of aromatic nitrogens is 3. The molecule has 1 amide bonds. The van der Waals surface area contributed by atoms with Gasteiger partial charge in [-0.15, -0.1) is 0 Å². The highest BCUT2D eigenvalue weighted by molar-refractivity contribution is 6.35. The summed E-state index contributed by atoms with van der Waals surface area (Å²) in [6.07, 6.45) is 0.619. The van der Waals surface area contributed by atoms with Gasteiger partial charge in [0.05, 0.1) is 22.3 Å². The largest absolute Gasteiger partial charge is 0.444 e. The molecule has 1 N–H and O–H groups in total. The molecular formula is C31H30Cl3F2N5O4. The average Bonchev–Trinajstić information content (AvgIpc) is 2.90. The minimum Gasteiger partial charge on any atom is -0.444 e. The fourth-order valence-corrected chi connectivity index (χ4v) is 4.38. The molecule has 9 nitrogen and oxygen atoms in total. The molecule has 14 heteroatoms. The van der Waals surface area contributed by atoms with Crippen molar-refractivity contribution in [1.82, 2.24) is 19.4 Å². The van der Waals surface area contributed by atoms with Crippen molar-refractivity contribution in [1.29, 1.82) is 0 Å². The van der Waals surface area contributed by atoms with Gasteiger partial charge in [-0.25, -0.2) is 23.5 Å². The molecule has 3 heterocycles. The Kier molecular flexibility index (Phi) is 11.3. The lowest BCUT2D eigenvalue weighted by atomic mass is 10.1. The van der Waals surface area contributed by atoms with E-state index in [1.54, 1.807) is 39.8 Å². The molecule has 0 saturated carbocycles. The number of ether oxygens (including phenoxy) is 1. The molecule has 0 unspecified atom stereocenters. The number of carbonyl (C=O) groups excluding carboxylic acids is 2. The summed E-state index contributed by atoms with van der Waals surface area (Å²) in [6.45, 7) is 8.39. The van der Waals surface area contributed by atoms with E-state index in [0.717, 1.165) is 11.8 Å². The van der Waals surface area contributed by atoms with E-state index in [1.807, 2.05) is 25.9 Å². The first-order valence-electron chi connectivity index (χ1n) is 13.3. The lowest BCUT2D eigenvalue weighted by molar-refractivity contribution is 0.0635. The fourth-order valence-electron chi connectivity index (χ4n) is 3.80. The summed E-state index contributed by atoms with van der Waals surface area (Å²) in [5.74, 6) is -2.07. The molecule has 0 spiro atoms. The van der Waals surface area contributed by atoms with E-state index in [1.165, 1.54) is 28.8 Å². The summed E-state index contributed by atoms with van der Waals surface area (Å²) in [6, 6.07) is 9.08. The fraction of sp³-hybridized carbons (Fsp3) is 0.258. The third-order valence-electron chi connectivity index (χ3n) is 6.05. The number of carbonyl (C=O) groups is 2. The Morgan fingerprint density at radius 1 is 0.978 bits per heavy atom. The van der Waals surface area contributed by atoms with Gasteiger partial charge in [-0.3, -0.25) is 19.5 Å². The average molecular weight is 681 g/mol. The second-order valence-corrected chi connectivity index (χ2v) is 12.1. The second kappa shape index (κ2) is 14.4. The van der Waals surface area contributed by atoms with E-state index in [2.05, 4.69) is 15.3 Å². The Morgan fingerprint density at radius 3 is 2.20 bits per heavy atom. The minimum absolute atomic E-state index is 0.103. The van der Waals surface area contributed by atoms with Crippen LogP contribution in [0.5, 0.6) is 0 Å². The number of fused-ring (bicyclic) bond motifs is 1. The third kappa shape index (κ3) is 9.23. The van der Waals surface area contributed by atoms with Gasteiger partial charge in [-0.05, 0) is 65.0 Å². The monoisotopic (exact) mass is 679 g/mol. The number of aryl methyl sites for hydroxylation is 1. The lowest BCUT2D eigenvalue weighted by Gasteiger charge is -2.20. The molecule has 0 radical (unpaired) electrons. The molecule has 1 aromatic carbocycles. The molecule has 45 heavy (non-hydrogen) atoms. The molecule has 0 aliphatic carbocycles. The summed E-state index contributed by atoms with van der Waals surface area (Å²) in [4.78, 5) is 45.9. The molecule has 238 valence electrons. The highest BCUT2D eigenvalue weighted by atomic mass is 35.5. The van der Waals surface area contributed by atoms with Crippen molar-refractivity contribution >= 4 is 63.4 Å². The predicted octanol–water partition coefficient (Wildman–Crippen LogP) is 8.01. The van der Waals surface area contributed by atoms with E-state index in [4.69, 9.17) is 39.5 Å². The van der Waals surface area contributed by atoms with Gasteiger partial charge in [0.25, 0.3) is 0 Å². The van der Waals surface area contributed by atoms with Crippen molar-refractivity contribution in [2.45, 2.75) is 40.2 Å². The van der Waals surface area contributed by atoms with Crippen molar-refractivity contribution in [3.05, 3.63) is 103 Å². The van der Waals surface area contributed by atoms with Crippen molar-refractivity contribution in [2.75, 3.05) is 19.4 Å². The summed E-state index contributed by atoms with van der Waals surface area (Å²) in [5, 5.41) is 2.98. The van der Waals surface area contributed by atoms with Gasteiger partial charge in [0.1, 0.15) is 38.3 Å². The van der Waals surface area contributed by atoms with Crippen LogP contribution in [0.2, 0.25) is 15.5 Å². The number of anilines is 1. The third-order valence-corrected chi connectivity index (χ3v) is 6.76. The number of pyridine rings is 3. The van der Waals surface area contributed by atoms with Crippen LogP contribution in [0.15, 0.2) is 59.0 Å². The zero-order chi connectivity index (χ0) is 33.8. The number of nitrogens with zero attached hydrogens (tertiary/aromatic N) is 4. The molecular weight excluding hydrogens is 651 g/mol. The zero-order valence-electron chi connectivity index (χ0n) is 25.4. The molecule has 0 saturated heterocycles. The topological polar surface area (TPSA) is 106 Å². The summed E-state index contributed by atoms with van der Waals surface area (Å²) >= 11 is 17.4. The molecule has 0 aliphatic rings. The highest BCUT2D eigenvalue weighted by Gasteiger charge is 2.21. The van der Waals surface area contributed by atoms with Gasteiger partial charge >= 0.3 is 6.09 Å². The maximum Gasteiger partial charge on any atom is 0.412 e. The Bertz CT molecular complexity index is 1870. The van der Waals surface area contributed by atoms with Crippen molar-refractivity contribution < 1.29 is 23.1 Å². The summed E-state index contributed by atoms with van der Waals surface area (Å²) < 4.78 is 35.4. The number of ketones is 1. The number of hydrogen-bond donors (Lipinski definition) is 1. The van der Waals surface area contributed by atoms with Gasteiger partial charge in [0.15, 0.2) is 11.2 Å². The number of rotatable bonds is 5. The van der Waals surface area contributed by atoms with Crippen molar-refractivity contribution in [2.24, 2.45) is 0 Å². The van der Waals surface area contributed by atoms with Gasteiger partial charge in [0.2, 0.25) is 0 Å². The van der Waals surface area contributed by atoms with Crippen molar-refractivity contribution in [3.8, 4) is 5.69 Å². The van der Waals surface area contributed by atoms with Crippen LogP contribution in [-0.4, -0.2) is 51.0 Å². The van der Waals surface area contributed by atoms with Crippen LogP contribution in [-0.2, 0) is 4.74 Å². The standard InChI is InChI=1S/C20H18ClF2N3O3.C11H12Cl2N2O/c1-10-7-16(27)11-5-6-17(21)25-18(11)26(10)15-9-14(12(22)8-13(15)23)24-19(28)29-20(2,3)4;1-7(15(2)3)6-9(16)8-4-5-10(12)14-11(8)13/h5-9H,1-4H3,(H,24,28);4-6H,1-3H3/b;7-6+. The Labute approximate surface area is 273 Å². The molecule has 0 bridgehead atoms. The minimum atomic E-state index is -0.980. The smallest absolute Gasteiger partial charge is 0.412 e. The maximum absolute atomic E-state index is 14.7. The number of allylic oxidation sites excluding steroid dienone is 2. The highest BCUT2D eigenvalue weighted by Crippen LogP contribution is 2.27. The van der Waals surface area contributed by atoms with Gasteiger partial charge < -0.3 is 9.64 Å². The zero-order valence-corrected chi connectivity index (χ0v) is 27.7. The molecule has 4 rings (SSSR count). The molecule has 3 aromatic heterocycles. The van der Waals surface area contributed by atoms with Crippen LogP contribution in [0.25, 0.3) is 16.7 Å². The van der Waals surface area contributed by atoms with E-state index >= 15 is 0 Å². The molecule has 0 aliphatic heterocycles. The number of halogens is 5. The Morgan fingerprint density at radius 2 is 1.60 bits per heavy atom. The quantitative estimate of drug-likeness (QED) is 0.129. The van der Waals surface area contributed by atoms with E-state index in [9.17, 15) is 23.2 Å². The Hall–Kier alpha value is -4.06. The molecule has 0 atom stereocenters. The number of nitrogens with one attached hydrogen (secondary N) is 1. The second-order valence-electron chi connectivity index (χ2n) is 10.9. The number of benzene rings is 1. The van der Waals surface area contributed by atoms with E-state index < -0.39 is 23.3 Å². The van der Waals surface area contributed by atoms with Crippen LogP contribution in [0.4, 0.5) is 19.3 Å². The Balaban J connectivity index is 0.000000292. The van der Waals surface area contributed by atoms with Crippen LogP contribution in [0, 0.1) is 18.6 Å². The normalized spacial score (nSPS) is 11.5. The first-order valence-corrected chi connectivity index (χ1v) is 14.4. The first-order chi connectivity index (χ1) is 20.9. The van der Waals surface area contributed by atoms with Crippen LogP contribution in [0.3, 0.4) is 0 Å². The van der Waals surface area contributed by atoms with E-state index in [0.29, 0.717) is 17.3 Å². The number of amides is 1. The summed E-state index contributed by atoms with van der Waals surface area (Å²) in [5.41, 5.74) is 0.145. The van der Waals surface area contributed by atoms with E-state index in [-0.39, 0.29) is 49.1 Å². The molecule has 4 aromatic rings. The van der Waals surface area contributed by atoms with Crippen molar-refractivity contribution in [3.63, 3.8) is 0 Å². The van der Waals surface area contributed by atoms with Crippen LogP contribution < -0.4 is 10.7 Å². The predicted molar refractivity (Wildman–Crippen MR) is 173 cm³/mol. The van der Waals surface area contributed by atoms with Gasteiger partial charge in [-0.1, -0.05) is 34.8 Å². The van der Waals surface area contributed by atoms with Gasteiger partial charge in [0, 0.05) is 43.7 Å². The maximum atomic E-state index is 14.7. The SMILES string of the molecule is C/C(=C\C(=O)c1ccc(Cl)nc1Cl)N(C)C.Cc1cc(=O)c2ccc(Cl)nc2n1-c1cc(NC(=O)OC(C)(C)C)c(F)cc1F. The van der Waals surface area contributed by atoms with Crippen LogP contribution >= 0.6 is 34.8 Å². The summed E-state index contributed by atoms with van der Waals surface area (Å²) in [7, 11) is 3.72. The molecule has 0 fully saturated rings. The number of hydrogen-bond acceptors (Lipinski definition) is 7. The lowest BCUT2D eigenvalue weighted by Crippen LogP contribution is -2.27. The van der Waals surface area contributed by atoms with Gasteiger partial charge in [-0.2, -0.15) is 0 Å².